The van der Waals surface area contributed by atoms with Crippen LogP contribution in [0.1, 0.15) is 18.4 Å². The van der Waals surface area contributed by atoms with Crippen molar-refractivity contribution in [2.24, 2.45) is 0 Å². The number of aliphatic hydroxyl groups excluding tert-OH is 1. The summed E-state index contributed by atoms with van der Waals surface area (Å²) in [7, 11) is 0. The van der Waals surface area contributed by atoms with Crippen molar-refractivity contribution in [1.82, 2.24) is 0 Å². The van der Waals surface area contributed by atoms with Gasteiger partial charge in [0.15, 0.2) is 0 Å². The Kier molecular flexibility index (Phi) is 4.91. The van der Waals surface area contributed by atoms with E-state index in [4.69, 9.17) is 10.8 Å². The highest BCUT2D eigenvalue weighted by Crippen LogP contribution is 2.28. The van der Waals surface area contributed by atoms with Crippen LogP contribution in [0.5, 0.6) is 0 Å². The fraction of sp³-hybridized carbons (Fsp3) is 0.455. The average molecular weight is 273 g/mol. The van der Waals surface area contributed by atoms with Gasteiger partial charge in [-0.3, -0.25) is 0 Å². The Labute approximate surface area is 98.8 Å². The van der Waals surface area contributed by atoms with Crippen LogP contribution in [0.25, 0.3) is 0 Å². The van der Waals surface area contributed by atoms with Crippen LogP contribution in [-0.2, 0) is 0 Å². The zero-order valence-corrected chi connectivity index (χ0v) is 10.5. The number of nitrogen functional groups attached to an aromatic ring is 1. The van der Waals surface area contributed by atoms with Gasteiger partial charge in [-0.05, 0) is 37.5 Å². The molecule has 0 atom stereocenters. The smallest absolute Gasteiger partial charge is 0.0590 e. The van der Waals surface area contributed by atoms with Crippen molar-refractivity contribution in [3.8, 4) is 0 Å². The van der Waals surface area contributed by atoms with Gasteiger partial charge in [-0.1, -0.05) is 15.9 Å². The van der Waals surface area contributed by atoms with Gasteiger partial charge in [0.1, 0.15) is 0 Å². The molecule has 0 unspecified atom stereocenters. The van der Waals surface area contributed by atoms with E-state index in [0.717, 1.165) is 40.8 Å². The summed E-state index contributed by atoms with van der Waals surface area (Å²) in [5.74, 6) is 0. The van der Waals surface area contributed by atoms with Crippen molar-refractivity contribution in [1.29, 1.82) is 0 Å². The van der Waals surface area contributed by atoms with E-state index < -0.39 is 0 Å². The maximum Gasteiger partial charge on any atom is 0.0590 e. The topological polar surface area (TPSA) is 58.3 Å². The van der Waals surface area contributed by atoms with E-state index in [1.54, 1.807) is 0 Å². The van der Waals surface area contributed by atoms with Gasteiger partial charge in [-0.2, -0.15) is 0 Å². The maximum atomic E-state index is 8.64. The minimum Gasteiger partial charge on any atom is -0.397 e. The number of nitrogens with two attached hydrogens (primary N) is 1. The van der Waals surface area contributed by atoms with Gasteiger partial charge in [0.2, 0.25) is 0 Å². The Bertz CT molecular complexity index is 329. The van der Waals surface area contributed by atoms with Crippen LogP contribution < -0.4 is 11.1 Å². The molecule has 4 N–H and O–H groups in total. The predicted octanol–water partition coefficient (Wildman–Crippen LogP) is 2.52. The lowest BCUT2D eigenvalue weighted by Gasteiger charge is -2.12. The Morgan fingerprint density at radius 1 is 1.40 bits per heavy atom. The van der Waals surface area contributed by atoms with E-state index >= 15 is 0 Å². The number of hydrogen-bond acceptors (Lipinski definition) is 3. The Hall–Kier alpha value is -0.740. The molecular weight excluding hydrogens is 256 g/mol. The van der Waals surface area contributed by atoms with Gasteiger partial charge in [0.05, 0.1) is 11.4 Å². The van der Waals surface area contributed by atoms with Gasteiger partial charge in [-0.25, -0.2) is 0 Å². The molecule has 0 aliphatic rings. The second-order valence-electron chi connectivity index (χ2n) is 3.49. The minimum absolute atomic E-state index is 0.247. The summed E-state index contributed by atoms with van der Waals surface area (Å²) in [5.41, 5.74) is 8.77. The molecule has 84 valence electrons. The van der Waals surface area contributed by atoms with Crippen LogP contribution in [0.15, 0.2) is 16.6 Å². The van der Waals surface area contributed by atoms with Crippen molar-refractivity contribution < 1.29 is 5.11 Å². The van der Waals surface area contributed by atoms with Crippen molar-refractivity contribution in [2.75, 3.05) is 24.2 Å². The zero-order valence-electron chi connectivity index (χ0n) is 8.89. The Morgan fingerprint density at radius 3 is 2.80 bits per heavy atom. The molecule has 1 aromatic rings. The number of rotatable bonds is 5. The first-order chi connectivity index (χ1) is 7.16. The fourth-order valence-corrected chi connectivity index (χ4v) is 1.66. The number of nitrogens with one attached hydrogen (secondary N) is 1. The third-order valence-electron chi connectivity index (χ3n) is 2.35. The lowest BCUT2D eigenvalue weighted by molar-refractivity contribution is 0.286. The van der Waals surface area contributed by atoms with Crippen LogP contribution >= 0.6 is 15.9 Å². The summed E-state index contributed by atoms with van der Waals surface area (Å²) in [4.78, 5) is 0. The van der Waals surface area contributed by atoms with E-state index in [2.05, 4.69) is 21.2 Å². The monoisotopic (exact) mass is 272 g/mol. The van der Waals surface area contributed by atoms with E-state index in [9.17, 15) is 0 Å². The summed E-state index contributed by atoms with van der Waals surface area (Å²) in [6, 6.07) is 3.95. The summed E-state index contributed by atoms with van der Waals surface area (Å²) in [6.07, 6.45) is 1.77. The Balaban J connectivity index is 2.58. The van der Waals surface area contributed by atoms with E-state index in [1.807, 2.05) is 19.1 Å². The van der Waals surface area contributed by atoms with E-state index in [0.29, 0.717) is 0 Å². The molecule has 0 aliphatic carbocycles. The first kappa shape index (κ1) is 12.3. The van der Waals surface area contributed by atoms with E-state index in [-0.39, 0.29) is 6.61 Å². The fourth-order valence-electron chi connectivity index (χ4n) is 1.32. The number of unbranched alkanes of at least 4 members (excludes halogenated alkanes) is 1. The summed E-state index contributed by atoms with van der Waals surface area (Å²) in [6.45, 7) is 3.07. The largest absolute Gasteiger partial charge is 0.397 e. The first-order valence-electron chi connectivity index (χ1n) is 5.06. The van der Waals surface area contributed by atoms with Crippen molar-refractivity contribution in [3.05, 3.63) is 22.2 Å². The lowest BCUT2D eigenvalue weighted by atomic mass is 10.1. The minimum atomic E-state index is 0.247. The lowest BCUT2D eigenvalue weighted by Crippen LogP contribution is -2.06. The second-order valence-corrected chi connectivity index (χ2v) is 4.35. The molecule has 0 aliphatic heterocycles. The number of benzene rings is 1. The summed E-state index contributed by atoms with van der Waals surface area (Å²) >= 11 is 3.43. The average Bonchev–Trinajstić information content (AvgIpc) is 2.24. The number of anilines is 2. The van der Waals surface area contributed by atoms with Gasteiger partial charge >= 0.3 is 0 Å². The predicted molar refractivity (Wildman–Crippen MR) is 68.1 cm³/mol. The third-order valence-corrected chi connectivity index (χ3v) is 3.21. The zero-order chi connectivity index (χ0) is 11.3. The molecule has 0 radical (unpaired) electrons. The van der Waals surface area contributed by atoms with Crippen molar-refractivity contribution >= 4 is 27.3 Å². The molecule has 1 aromatic carbocycles. The van der Waals surface area contributed by atoms with Crippen LogP contribution in [0, 0.1) is 6.92 Å². The maximum absolute atomic E-state index is 8.64. The number of hydrogen-bond donors (Lipinski definition) is 3. The normalized spacial score (nSPS) is 10.3. The van der Waals surface area contributed by atoms with Gasteiger partial charge in [0.25, 0.3) is 0 Å². The van der Waals surface area contributed by atoms with Crippen molar-refractivity contribution in [2.45, 2.75) is 19.8 Å². The molecule has 4 heteroatoms. The molecular formula is C11H17BrN2O. The molecule has 0 fully saturated rings. The van der Waals surface area contributed by atoms with Crippen LogP contribution in [-0.4, -0.2) is 18.3 Å². The van der Waals surface area contributed by atoms with Crippen LogP contribution in [0.2, 0.25) is 0 Å². The molecule has 1 rings (SSSR count). The highest BCUT2D eigenvalue weighted by Gasteiger charge is 2.04. The van der Waals surface area contributed by atoms with Gasteiger partial charge in [0, 0.05) is 17.6 Å². The summed E-state index contributed by atoms with van der Waals surface area (Å²) < 4.78 is 1.03. The van der Waals surface area contributed by atoms with Gasteiger partial charge in [-0.15, -0.1) is 0 Å². The molecule has 0 saturated heterocycles. The first-order valence-corrected chi connectivity index (χ1v) is 5.85. The molecule has 0 saturated carbocycles. The Morgan fingerprint density at radius 2 is 2.13 bits per heavy atom. The SMILES string of the molecule is Cc1c(Br)ccc(NCCCCO)c1N. The molecule has 0 amide bonds. The van der Waals surface area contributed by atoms with Crippen LogP contribution in [0.3, 0.4) is 0 Å². The van der Waals surface area contributed by atoms with Crippen LogP contribution in [0.4, 0.5) is 11.4 Å². The molecule has 15 heavy (non-hydrogen) atoms. The molecule has 0 spiro atoms. The molecule has 0 bridgehead atoms. The number of halogens is 1. The summed E-state index contributed by atoms with van der Waals surface area (Å²) in [5, 5.41) is 11.9. The quantitative estimate of drug-likeness (QED) is 0.570. The second kappa shape index (κ2) is 5.98. The molecule has 0 heterocycles. The highest BCUT2D eigenvalue weighted by molar-refractivity contribution is 9.10. The standard InChI is InChI=1S/C11H17BrN2O/c1-8-9(12)4-5-10(11(8)13)14-6-2-3-7-15/h4-5,14-15H,2-3,6-7,13H2,1H3. The molecule has 0 aromatic heterocycles. The van der Waals surface area contributed by atoms with E-state index in [1.165, 1.54) is 0 Å². The van der Waals surface area contributed by atoms with Crippen molar-refractivity contribution in [3.63, 3.8) is 0 Å². The third kappa shape index (κ3) is 3.39. The molecule has 3 nitrogen and oxygen atoms in total. The highest BCUT2D eigenvalue weighted by atomic mass is 79.9. The van der Waals surface area contributed by atoms with Gasteiger partial charge < -0.3 is 16.2 Å². The number of aliphatic hydroxyl groups is 1.